The second-order valence-corrected chi connectivity index (χ2v) is 7.86. The number of likely N-dealkylation sites (N-methyl/N-ethyl adjacent to an activating group) is 1. The molecule has 0 aromatic heterocycles. The van der Waals surface area contributed by atoms with Gasteiger partial charge in [0, 0.05) is 29.7 Å². The van der Waals surface area contributed by atoms with Gasteiger partial charge in [0.05, 0.1) is 12.1 Å². The lowest BCUT2D eigenvalue weighted by atomic mass is 10.1. The van der Waals surface area contributed by atoms with E-state index < -0.39 is 0 Å². The maximum Gasteiger partial charge on any atom is 0.180 e. The zero-order valence-corrected chi connectivity index (χ0v) is 18.0. The van der Waals surface area contributed by atoms with Crippen LogP contribution in [0.4, 0.5) is 0 Å². The molecule has 3 rings (SSSR count). The van der Waals surface area contributed by atoms with E-state index in [-0.39, 0.29) is 0 Å². The zero-order chi connectivity index (χ0) is 19.9. The number of hydrogen-bond acceptors (Lipinski definition) is 4. The number of rotatable bonds is 9. The van der Waals surface area contributed by atoms with Gasteiger partial charge in [-0.3, -0.25) is 4.90 Å². The molecule has 0 radical (unpaired) electrons. The Morgan fingerprint density at radius 3 is 2.75 bits per heavy atom. The highest BCUT2D eigenvalue weighted by atomic mass is 35.5. The van der Waals surface area contributed by atoms with Crippen molar-refractivity contribution in [3.05, 3.63) is 57.6 Å². The molecule has 0 bridgehead atoms. The molecule has 0 aliphatic carbocycles. The summed E-state index contributed by atoms with van der Waals surface area (Å²) in [4.78, 5) is 2.53. The maximum absolute atomic E-state index is 6.50. The first-order chi connectivity index (χ1) is 13.6. The summed E-state index contributed by atoms with van der Waals surface area (Å²) >= 11 is 12.7. The van der Waals surface area contributed by atoms with Crippen LogP contribution in [0.15, 0.2) is 36.4 Å². The first-order valence-corrected chi connectivity index (χ1v) is 10.5. The summed E-state index contributed by atoms with van der Waals surface area (Å²) in [6, 6.07) is 12.1. The molecule has 0 amide bonds. The van der Waals surface area contributed by atoms with E-state index in [9.17, 15) is 0 Å². The molecule has 1 heterocycles. The third-order valence-corrected chi connectivity index (χ3v) is 5.88. The number of nitrogens with zero attached hydrogens (tertiary/aromatic N) is 1. The van der Waals surface area contributed by atoms with Crippen molar-refractivity contribution in [2.24, 2.45) is 0 Å². The summed E-state index contributed by atoms with van der Waals surface area (Å²) in [6.07, 6.45) is 2.55. The van der Waals surface area contributed by atoms with Crippen LogP contribution in [0.3, 0.4) is 0 Å². The van der Waals surface area contributed by atoms with Crippen LogP contribution in [0.25, 0.3) is 0 Å². The van der Waals surface area contributed by atoms with E-state index in [1.54, 1.807) is 7.11 Å². The van der Waals surface area contributed by atoms with Gasteiger partial charge >= 0.3 is 0 Å². The molecule has 1 atom stereocenters. The van der Waals surface area contributed by atoms with Crippen molar-refractivity contribution >= 4 is 23.2 Å². The summed E-state index contributed by atoms with van der Waals surface area (Å²) in [5, 5.41) is 4.77. The topological polar surface area (TPSA) is 33.7 Å². The van der Waals surface area contributed by atoms with E-state index in [0.29, 0.717) is 34.2 Å². The van der Waals surface area contributed by atoms with Crippen molar-refractivity contribution < 1.29 is 9.47 Å². The number of halogens is 2. The van der Waals surface area contributed by atoms with E-state index in [1.807, 2.05) is 36.4 Å². The van der Waals surface area contributed by atoms with Gasteiger partial charge < -0.3 is 14.8 Å². The number of methoxy groups -OCH3 is 1. The summed E-state index contributed by atoms with van der Waals surface area (Å²) in [7, 11) is 1.63. The molecule has 28 heavy (non-hydrogen) atoms. The number of nitrogens with one attached hydrogen (secondary N) is 1. The summed E-state index contributed by atoms with van der Waals surface area (Å²) in [6.45, 7) is 6.61. The Balaban J connectivity index is 1.61. The quantitative estimate of drug-likeness (QED) is 0.605. The lowest BCUT2D eigenvalue weighted by Crippen LogP contribution is -2.37. The molecule has 1 saturated heterocycles. The lowest BCUT2D eigenvalue weighted by Gasteiger charge is -2.23. The van der Waals surface area contributed by atoms with E-state index in [4.69, 9.17) is 32.7 Å². The van der Waals surface area contributed by atoms with Crippen LogP contribution in [0.2, 0.25) is 10.0 Å². The van der Waals surface area contributed by atoms with Gasteiger partial charge in [-0.15, -0.1) is 0 Å². The number of hydrogen-bond donors (Lipinski definition) is 1. The minimum Gasteiger partial charge on any atom is -0.493 e. The minimum absolute atomic E-state index is 0.335. The highest BCUT2D eigenvalue weighted by Crippen LogP contribution is 2.37. The fourth-order valence-electron chi connectivity index (χ4n) is 3.71. The molecule has 6 heteroatoms. The minimum atomic E-state index is 0.335. The Morgan fingerprint density at radius 1 is 1.18 bits per heavy atom. The molecule has 0 spiro atoms. The number of benzene rings is 2. The van der Waals surface area contributed by atoms with Gasteiger partial charge in [-0.25, -0.2) is 0 Å². The van der Waals surface area contributed by atoms with Crippen LogP contribution in [0.1, 0.15) is 30.9 Å². The van der Waals surface area contributed by atoms with Crippen LogP contribution in [0.5, 0.6) is 11.5 Å². The van der Waals surface area contributed by atoms with Gasteiger partial charge in [0.25, 0.3) is 0 Å². The second-order valence-electron chi connectivity index (χ2n) is 7.04. The SMILES string of the molecule is CCN1CCC[C@@H]1CNCc1cc(Cl)c(OCc2ccccc2Cl)c(OC)c1. The van der Waals surface area contributed by atoms with Crippen molar-refractivity contribution in [1.82, 2.24) is 10.2 Å². The average molecular weight is 423 g/mol. The second kappa shape index (κ2) is 10.4. The normalized spacial score (nSPS) is 17.1. The number of likely N-dealkylation sites (tertiary alicyclic amines) is 1. The van der Waals surface area contributed by atoms with Crippen LogP contribution in [0, 0.1) is 0 Å². The Kier molecular flexibility index (Phi) is 7.86. The lowest BCUT2D eigenvalue weighted by molar-refractivity contribution is 0.260. The van der Waals surface area contributed by atoms with Gasteiger partial charge in [-0.1, -0.05) is 48.3 Å². The van der Waals surface area contributed by atoms with Gasteiger partial charge in [-0.2, -0.15) is 0 Å². The standard InChI is InChI=1S/C22H28Cl2N2O2/c1-3-26-10-6-8-18(26)14-25-13-16-11-20(24)22(21(12-16)27-2)28-15-17-7-4-5-9-19(17)23/h4-5,7,9,11-12,18,25H,3,6,8,10,13-15H2,1-2H3/t18-/m1/s1. The molecule has 2 aromatic carbocycles. The molecule has 0 unspecified atom stereocenters. The van der Waals surface area contributed by atoms with Crippen molar-refractivity contribution in [2.75, 3.05) is 26.7 Å². The largest absolute Gasteiger partial charge is 0.493 e. The number of ether oxygens (including phenoxy) is 2. The third kappa shape index (κ3) is 5.32. The summed E-state index contributed by atoms with van der Waals surface area (Å²) in [5.41, 5.74) is 1.98. The molecule has 1 N–H and O–H groups in total. The fraction of sp³-hybridized carbons (Fsp3) is 0.455. The first kappa shape index (κ1) is 21.3. The van der Waals surface area contributed by atoms with Crippen molar-refractivity contribution in [3.63, 3.8) is 0 Å². The molecular weight excluding hydrogens is 395 g/mol. The van der Waals surface area contributed by atoms with E-state index in [1.165, 1.54) is 19.4 Å². The molecular formula is C22H28Cl2N2O2. The average Bonchev–Trinajstić information content (AvgIpc) is 3.15. The van der Waals surface area contributed by atoms with E-state index in [2.05, 4.69) is 17.1 Å². The smallest absolute Gasteiger partial charge is 0.180 e. The Labute approximate surface area is 177 Å². The van der Waals surface area contributed by atoms with Crippen LogP contribution >= 0.6 is 23.2 Å². The van der Waals surface area contributed by atoms with Crippen molar-refractivity contribution in [1.29, 1.82) is 0 Å². The summed E-state index contributed by atoms with van der Waals surface area (Å²) in [5.74, 6) is 1.17. The maximum atomic E-state index is 6.50. The van der Waals surface area contributed by atoms with Crippen LogP contribution in [-0.2, 0) is 13.2 Å². The Morgan fingerprint density at radius 2 is 2.00 bits per heavy atom. The summed E-state index contributed by atoms with van der Waals surface area (Å²) < 4.78 is 11.4. The van der Waals surface area contributed by atoms with Crippen molar-refractivity contribution in [3.8, 4) is 11.5 Å². The van der Waals surface area contributed by atoms with Gasteiger partial charge in [-0.05, 0) is 49.7 Å². The van der Waals surface area contributed by atoms with Gasteiger partial charge in [0.2, 0.25) is 0 Å². The molecule has 1 aliphatic heterocycles. The molecule has 0 saturated carbocycles. The predicted molar refractivity (Wildman–Crippen MR) is 116 cm³/mol. The Hall–Kier alpha value is -1.46. The highest BCUT2D eigenvalue weighted by molar-refractivity contribution is 6.32. The van der Waals surface area contributed by atoms with Gasteiger partial charge in [0.1, 0.15) is 6.61 Å². The molecule has 4 nitrogen and oxygen atoms in total. The van der Waals surface area contributed by atoms with Gasteiger partial charge in [0.15, 0.2) is 11.5 Å². The highest BCUT2D eigenvalue weighted by Gasteiger charge is 2.22. The van der Waals surface area contributed by atoms with E-state index >= 15 is 0 Å². The Bertz CT molecular complexity index is 785. The monoisotopic (exact) mass is 422 g/mol. The van der Waals surface area contributed by atoms with E-state index in [0.717, 1.165) is 30.8 Å². The molecule has 2 aromatic rings. The fourth-order valence-corrected chi connectivity index (χ4v) is 4.18. The molecule has 1 aliphatic rings. The van der Waals surface area contributed by atoms with Crippen LogP contribution in [-0.4, -0.2) is 37.7 Å². The van der Waals surface area contributed by atoms with Crippen LogP contribution < -0.4 is 14.8 Å². The third-order valence-electron chi connectivity index (χ3n) is 5.23. The predicted octanol–water partition coefficient (Wildman–Crippen LogP) is 5.15. The molecule has 1 fully saturated rings. The first-order valence-electron chi connectivity index (χ1n) is 9.79. The molecule has 152 valence electrons. The zero-order valence-electron chi connectivity index (χ0n) is 16.5. The van der Waals surface area contributed by atoms with Crippen molar-refractivity contribution in [2.45, 2.75) is 39.0 Å².